The fraction of sp³-hybridized carbons (Fsp3) is 0.500. The second-order valence-electron chi connectivity index (χ2n) is 0.552. The number of carboxylic acid groups (broad SMARTS) is 1. The van der Waals surface area contributed by atoms with E-state index in [-0.39, 0.29) is 28.8 Å². The highest BCUT2D eigenvalue weighted by atomic mass is 32.1. The molecule has 34 valence electrons. The summed E-state index contributed by atoms with van der Waals surface area (Å²) in [6.07, 6.45) is 0. The Balaban J connectivity index is 0. The smallest absolute Gasteiger partial charge is 0.316 e. The number of hydrogen-bond donors (Lipinski definition) is 2. The van der Waals surface area contributed by atoms with Gasteiger partial charge < -0.3 is 5.11 Å². The van der Waals surface area contributed by atoms with E-state index in [0.29, 0.717) is 0 Å². The monoisotopic (exact) mass is 118 g/mol. The van der Waals surface area contributed by atoms with E-state index in [9.17, 15) is 4.79 Å². The first-order valence-electron chi connectivity index (χ1n) is 1.10. The summed E-state index contributed by atoms with van der Waals surface area (Å²) in [4.78, 5) is 9.29. The van der Waals surface area contributed by atoms with Crippen LogP contribution in [-0.4, -0.2) is 39.9 Å². The van der Waals surface area contributed by atoms with Gasteiger partial charge in [0.25, 0.3) is 0 Å². The zero-order valence-corrected chi connectivity index (χ0v) is 3.40. The van der Waals surface area contributed by atoms with E-state index in [4.69, 9.17) is 5.11 Å². The zero-order chi connectivity index (χ0) is 4.28. The van der Waals surface area contributed by atoms with E-state index < -0.39 is 5.97 Å². The van der Waals surface area contributed by atoms with Crippen molar-refractivity contribution in [3.63, 3.8) is 0 Å². The third-order valence-electron chi connectivity index (χ3n) is 0.135. The van der Waals surface area contributed by atoms with Crippen LogP contribution in [0.25, 0.3) is 0 Å². The molecule has 0 atom stereocenters. The average molecular weight is 118 g/mol. The van der Waals surface area contributed by atoms with Gasteiger partial charge in [0.2, 0.25) is 0 Å². The standard InChI is InChI=1S/C2H4O2S.Mg.2H/c3-2(4)1-5;;;/h5H,1H2,(H,3,4);;;. The molecule has 0 aromatic carbocycles. The van der Waals surface area contributed by atoms with Crippen LogP contribution in [0.5, 0.6) is 0 Å². The van der Waals surface area contributed by atoms with Crippen molar-refractivity contribution in [1.82, 2.24) is 0 Å². The lowest BCUT2D eigenvalue weighted by atomic mass is 10.8. The summed E-state index contributed by atoms with van der Waals surface area (Å²) in [5, 5.41) is 7.65. The molecule has 0 radical (unpaired) electrons. The molecule has 6 heavy (non-hydrogen) atoms. The van der Waals surface area contributed by atoms with Crippen molar-refractivity contribution in [2.24, 2.45) is 0 Å². The lowest BCUT2D eigenvalue weighted by Crippen LogP contribution is -1.92. The highest BCUT2D eigenvalue weighted by Crippen LogP contribution is 1.66. The van der Waals surface area contributed by atoms with Crippen LogP contribution in [0.3, 0.4) is 0 Å². The maximum absolute atomic E-state index is 9.29. The summed E-state index contributed by atoms with van der Waals surface area (Å²) < 4.78 is 0. The number of hydrogen-bond acceptors (Lipinski definition) is 2. The summed E-state index contributed by atoms with van der Waals surface area (Å²) in [6, 6.07) is 0. The molecule has 4 heteroatoms. The number of rotatable bonds is 1. The molecule has 0 aromatic rings. The van der Waals surface area contributed by atoms with Crippen molar-refractivity contribution in [3.05, 3.63) is 0 Å². The number of thiol groups is 1. The molecule has 2 nitrogen and oxygen atoms in total. The second-order valence-corrected chi connectivity index (χ2v) is 0.868. The van der Waals surface area contributed by atoms with Gasteiger partial charge >= 0.3 is 29.0 Å². The predicted molar refractivity (Wildman–Crippen MR) is 30.0 cm³/mol. The van der Waals surface area contributed by atoms with Gasteiger partial charge in [-0.3, -0.25) is 4.79 Å². The minimum absolute atomic E-state index is 0. The quantitative estimate of drug-likeness (QED) is 0.345. The van der Waals surface area contributed by atoms with Gasteiger partial charge in [0.1, 0.15) is 0 Å². The van der Waals surface area contributed by atoms with Crippen molar-refractivity contribution < 1.29 is 9.90 Å². The zero-order valence-electron chi connectivity index (χ0n) is 2.51. The van der Waals surface area contributed by atoms with Crippen molar-refractivity contribution in [1.29, 1.82) is 0 Å². The predicted octanol–water partition coefficient (Wildman–Crippen LogP) is -0.915. The molecule has 0 rings (SSSR count). The van der Waals surface area contributed by atoms with E-state index in [1.165, 1.54) is 0 Å². The summed E-state index contributed by atoms with van der Waals surface area (Å²) in [5.74, 6) is -0.965. The Labute approximate surface area is 57.5 Å². The van der Waals surface area contributed by atoms with E-state index in [1.54, 1.807) is 0 Å². The Morgan fingerprint density at radius 2 is 2.00 bits per heavy atom. The van der Waals surface area contributed by atoms with Crippen molar-refractivity contribution in [2.45, 2.75) is 0 Å². The molecule has 1 N–H and O–H groups in total. The first-order chi connectivity index (χ1) is 2.27. The topological polar surface area (TPSA) is 37.3 Å². The number of aliphatic carboxylic acids is 1. The molecule has 0 aliphatic heterocycles. The molecule has 0 aliphatic carbocycles. The lowest BCUT2D eigenvalue weighted by molar-refractivity contribution is -0.133. The molecule has 0 aromatic heterocycles. The Hall–Kier alpha value is 0.586. The van der Waals surface area contributed by atoms with Crippen LogP contribution in [0, 0.1) is 0 Å². The van der Waals surface area contributed by atoms with Crippen molar-refractivity contribution >= 4 is 41.7 Å². The van der Waals surface area contributed by atoms with Crippen molar-refractivity contribution in [2.75, 3.05) is 5.75 Å². The van der Waals surface area contributed by atoms with Gasteiger partial charge in [-0.25, -0.2) is 0 Å². The molecule has 0 aliphatic rings. The molecule has 0 unspecified atom stereocenters. The average Bonchev–Trinajstić information content (AvgIpc) is 1.38. The van der Waals surface area contributed by atoms with Gasteiger partial charge in [0.15, 0.2) is 0 Å². The van der Waals surface area contributed by atoms with Crippen LogP contribution in [0.15, 0.2) is 0 Å². The molecule has 0 amide bonds. The van der Waals surface area contributed by atoms with E-state index >= 15 is 0 Å². The summed E-state index contributed by atoms with van der Waals surface area (Å²) >= 11 is 3.42. The van der Waals surface area contributed by atoms with E-state index in [0.717, 1.165) is 0 Å². The normalized spacial score (nSPS) is 6.17. The summed E-state index contributed by atoms with van der Waals surface area (Å²) in [7, 11) is 0. The Bertz CT molecular complexity index is 46.8. The lowest BCUT2D eigenvalue weighted by Gasteiger charge is -1.71. The Kier molecular flexibility index (Phi) is 9.10. The van der Waals surface area contributed by atoms with Crippen LogP contribution in [0.2, 0.25) is 0 Å². The fourth-order valence-electron chi connectivity index (χ4n) is 0. The van der Waals surface area contributed by atoms with Crippen LogP contribution < -0.4 is 0 Å². The minimum atomic E-state index is -0.881. The van der Waals surface area contributed by atoms with Gasteiger partial charge in [0.05, 0.1) is 5.75 Å². The summed E-state index contributed by atoms with van der Waals surface area (Å²) in [5.41, 5.74) is 0. The third kappa shape index (κ3) is 8.82. The molecule has 0 heterocycles. The fourth-order valence-corrected chi connectivity index (χ4v) is 0. The largest absolute Gasteiger partial charge is 0.481 e. The molecule has 0 spiro atoms. The molecule has 0 fully saturated rings. The second kappa shape index (κ2) is 5.59. The maximum Gasteiger partial charge on any atom is 0.316 e. The molecule has 0 saturated heterocycles. The van der Waals surface area contributed by atoms with Gasteiger partial charge in [-0.2, -0.15) is 12.6 Å². The molecule has 0 saturated carbocycles. The number of carbonyl (C=O) groups is 1. The van der Waals surface area contributed by atoms with Gasteiger partial charge in [-0.1, -0.05) is 0 Å². The first-order valence-corrected chi connectivity index (χ1v) is 1.73. The van der Waals surface area contributed by atoms with Gasteiger partial charge in [0, 0.05) is 0 Å². The van der Waals surface area contributed by atoms with Gasteiger partial charge in [-0.05, 0) is 0 Å². The van der Waals surface area contributed by atoms with Gasteiger partial charge in [-0.15, -0.1) is 0 Å². The highest BCUT2D eigenvalue weighted by molar-refractivity contribution is 7.81. The van der Waals surface area contributed by atoms with E-state index in [1.807, 2.05) is 0 Å². The molecule has 0 bridgehead atoms. The number of carboxylic acids is 1. The Morgan fingerprint density at radius 3 is 2.00 bits per heavy atom. The Morgan fingerprint density at radius 1 is 1.83 bits per heavy atom. The van der Waals surface area contributed by atoms with Crippen LogP contribution in [0.4, 0.5) is 0 Å². The van der Waals surface area contributed by atoms with Crippen LogP contribution in [-0.2, 0) is 4.79 Å². The molecular weight excluding hydrogens is 112 g/mol. The van der Waals surface area contributed by atoms with Crippen LogP contribution >= 0.6 is 12.6 Å². The van der Waals surface area contributed by atoms with E-state index in [2.05, 4.69) is 12.6 Å². The maximum atomic E-state index is 9.29. The van der Waals surface area contributed by atoms with Crippen molar-refractivity contribution in [3.8, 4) is 0 Å². The van der Waals surface area contributed by atoms with Crippen LogP contribution in [0.1, 0.15) is 0 Å². The first kappa shape index (κ1) is 9.77. The minimum Gasteiger partial charge on any atom is -0.481 e. The highest BCUT2D eigenvalue weighted by Gasteiger charge is 1.81. The SMILES string of the molecule is O=C(O)CS.[MgH2]. The third-order valence-corrected chi connectivity index (χ3v) is 0.406. The summed E-state index contributed by atoms with van der Waals surface area (Å²) in [6.45, 7) is 0. The molecular formula is C2H6MgO2S.